The molecule has 1 heterocycles. The molecule has 0 aliphatic rings. The van der Waals surface area contributed by atoms with E-state index >= 15 is 0 Å². The van der Waals surface area contributed by atoms with E-state index < -0.39 is 29.2 Å². The van der Waals surface area contributed by atoms with Gasteiger partial charge in [0.1, 0.15) is 4.90 Å². The fourth-order valence-corrected chi connectivity index (χ4v) is 2.70. The van der Waals surface area contributed by atoms with Gasteiger partial charge in [0.25, 0.3) is 0 Å². The first-order valence-electron chi connectivity index (χ1n) is 4.77. The van der Waals surface area contributed by atoms with E-state index in [2.05, 4.69) is 4.98 Å². The molecule has 0 atom stereocenters. The Morgan fingerprint density at radius 1 is 1.44 bits per heavy atom. The summed E-state index contributed by atoms with van der Waals surface area (Å²) in [5.74, 6) is 0. The molecule has 0 aliphatic carbocycles. The third-order valence-electron chi connectivity index (χ3n) is 2.13. The van der Waals surface area contributed by atoms with E-state index in [9.17, 15) is 21.6 Å². The minimum Gasteiger partial charge on any atom is -0.263 e. The zero-order chi connectivity index (χ0) is 14.0. The summed E-state index contributed by atoms with van der Waals surface area (Å²) in [4.78, 5) is 3.28. The summed E-state index contributed by atoms with van der Waals surface area (Å²) in [6.45, 7) is -0.670. The highest BCUT2D eigenvalue weighted by Crippen LogP contribution is 2.25. The molecule has 0 spiro atoms. The van der Waals surface area contributed by atoms with Crippen molar-refractivity contribution in [3.8, 4) is 0 Å². The second-order valence-electron chi connectivity index (χ2n) is 3.50. The van der Waals surface area contributed by atoms with Crippen molar-refractivity contribution in [3.63, 3.8) is 0 Å². The van der Waals surface area contributed by atoms with Gasteiger partial charge in [-0.2, -0.15) is 13.2 Å². The fraction of sp³-hybridized carbons (Fsp3) is 0.444. The summed E-state index contributed by atoms with van der Waals surface area (Å²) in [6.07, 6.45) is -3.35. The molecule has 18 heavy (non-hydrogen) atoms. The van der Waals surface area contributed by atoms with Gasteiger partial charge in [-0.1, -0.05) is 11.6 Å². The maximum absolute atomic E-state index is 12.0. The molecule has 0 radical (unpaired) electrons. The number of aromatic nitrogens is 1. The molecule has 102 valence electrons. The van der Waals surface area contributed by atoms with Gasteiger partial charge in [0, 0.05) is 26.0 Å². The molecular formula is C9H10ClF3N2O2S. The van der Waals surface area contributed by atoms with Crippen molar-refractivity contribution >= 4 is 21.6 Å². The Bertz CT molecular complexity index is 519. The van der Waals surface area contributed by atoms with Crippen LogP contribution in [0.4, 0.5) is 13.2 Å². The normalized spacial score (nSPS) is 13.0. The summed E-state index contributed by atoms with van der Waals surface area (Å²) in [6, 6.07) is 1.26. The molecular weight excluding hydrogens is 293 g/mol. The zero-order valence-corrected chi connectivity index (χ0v) is 10.8. The van der Waals surface area contributed by atoms with Crippen LogP contribution in [0.1, 0.15) is 6.42 Å². The van der Waals surface area contributed by atoms with Crippen molar-refractivity contribution < 1.29 is 21.6 Å². The Hall–Kier alpha value is -0.860. The first-order chi connectivity index (χ1) is 8.14. The van der Waals surface area contributed by atoms with Gasteiger partial charge in [-0.25, -0.2) is 12.7 Å². The predicted octanol–water partition coefficient (Wildman–Crippen LogP) is 2.31. The number of sulfonamides is 1. The molecule has 9 heteroatoms. The van der Waals surface area contributed by atoms with Crippen molar-refractivity contribution in [2.24, 2.45) is 0 Å². The fourth-order valence-electron chi connectivity index (χ4n) is 1.13. The van der Waals surface area contributed by atoms with Crippen LogP contribution in [0.15, 0.2) is 23.4 Å². The summed E-state index contributed by atoms with van der Waals surface area (Å²) >= 11 is 5.67. The van der Waals surface area contributed by atoms with Crippen LogP contribution in [0.2, 0.25) is 5.02 Å². The molecule has 0 N–H and O–H groups in total. The molecule has 0 aliphatic heterocycles. The van der Waals surface area contributed by atoms with Gasteiger partial charge in [-0.3, -0.25) is 4.98 Å². The summed E-state index contributed by atoms with van der Waals surface area (Å²) in [5.41, 5.74) is 0. The van der Waals surface area contributed by atoms with E-state index in [0.29, 0.717) is 4.31 Å². The quantitative estimate of drug-likeness (QED) is 0.857. The van der Waals surface area contributed by atoms with Gasteiger partial charge >= 0.3 is 6.18 Å². The lowest BCUT2D eigenvalue weighted by atomic mass is 10.4. The van der Waals surface area contributed by atoms with Gasteiger partial charge in [0.15, 0.2) is 0 Å². The summed E-state index contributed by atoms with van der Waals surface area (Å²) < 4.78 is 60.5. The largest absolute Gasteiger partial charge is 0.390 e. The minimum atomic E-state index is -4.41. The van der Waals surface area contributed by atoms with Crippen LogP contribution in [0.3, 0.4) is 0 Å². The number of rotatable bonds is 4. The molecule has 1 aromatic heterocycles. The van der Waals surface area contributed by atoms with Crippen molar-refractivity contribution in [2.45, 2.75) is 17.5 Å². The standard InChI is InChI=1S/C9H10ClF3N2O2S/c1-15(5-3-9(11,12)13)18(16,17)8-6-14-4-2-7(8)10/h2,4,6H,3,5H2,1H3. The molecule has 0 aromatic carbocycles. The molecule has 0 amide bonds. The molecule has 0 unspecified atom stereocenters. The third-order valence-corrected chi connectivity index (χ3v) is 4.46. The Kier molecular flexibility index (Phi) is 4.57. The van der Waals surface area contributed by atoms with E-state index in [1.54, 1.807) is 0 Å². The zero-order valence-electron chi connectivity index (χ0n) is 9.28. The Labute approximate surface area is 107 Å². The van der Waals surface area contributed by atoms with Crippen LogP contribution >= 0.6 is 11.6 Å². The Balaban J connectivity index is 2.91. The lowest BCUT2D eigenvalue weighted by molar-refractivity contribution is -0.135. The van der Waals surface area contributed by atoms with Gasteiger partial charge < -0.3 is 0 Å². The number of pyridine rings is 1. The van der Waals surface area contributed by atoms with Crippen molar-refractivity contribution in [3.05, 3.63) is 23.5 Å². The Morgan fingerprint density at radius 3 is 2.56 bits per heavy atom. The second kappa shape index (κ2) is 5.41. The average molecular weight is 303 g/mol. The average Bonchev–Trinajstić information content (AvgIpc) is 2.25. The van der Waals surface area contributed by atoms with E-state index in [1.807, 2.05) is 0 Å². The molecule has 0 saturated heterocycles. The van der Waals surface area contributed by atoms with E-state index in [1.165, 1.54) is 12.3 Å². The van der Waals surface area contributed by atoms with E-state index in [4.69, 9.17) is 11.6 Å². The topological polar surface area (TPSA) is 50.3 Å². The van der Waals surface area contributed by atoms with E-state index in [-0.39, 0.29) is 9.92 Å². The first kappa shape index (κ1) is 15.2. The first-order valence-corrected chi connectivity index (χ1v) is 6.59. The van der Waals surface area contributed by atoms with Crippen molar-refractivity contribution in [1.29, 1.82) is 0 Å². The van der Waals surface area contributed by atoms with Crippen LogP contribution in [0.5, 0.6) is 0 Å². The number of hydrogen-bond acceptors (Lipinski definition) is 3. The molecule has 1 aromatic rings. The van der Waals surface area contributed by atoms with Crippen LogP contribution in [0, 0.1) is 0 Å². The van der Waals surface area contributed by atoms with Crippen LogP contribution in [-0.2, 0) is 10.0 Å². The minimum absolute atomic E-state index is 0.0798. The van der Waals surface area contributed by atoms with Crippen molar-refractivity contribution in [1.82, 2.24) is 9.29 Å². The van der Waals surface area contributed by atoms with E-state index in [0.717, 1.165) is 13.2 Å². The summed E-state index contributed by atoms with van der Waals surface area (Å²) in [7, 11) is -2.99. The van der Waals surface area contributed by atoms with Gasteiger partial charge in [0.2, 0.25) is 10.0 Å². The maximum atomic E-state index is 12.0. The van der Waals surface area contributed by atoms with Crippen LogP contribution in [-0.4, -0.2) is 37.5 Å². The van der Waals surface area contributed by atoms with Crippen LogP contribution in [0.25, 0.3) is 0 Å². The second-order valence-corrected chi connectivity index (χ2v) is 5.92. The molecule has 0 saturated carbocycles. The predicted molar refractivity (Wildman–Crippen MR) is 59.7 cm³/mol. The molecule has 0 bridgehead atoms. The summed E-state index contributed by atoms with van der Waals surface area (Å²) in [5, 5.41) is -0.0798. The highest BCUT2D eigenvalue weighted by atomic mass is 35.5. The third kappa shape index (κ3) is 3.82. The molecule has 0 fully saturated rings. The maximum Gasteiger partial charge on any atom is 0.390 e. The van der Waals surface area contributed by atoms with Gasteiger partial charge in [-0.15, -0.1) is 0 Å². The van der Waals surface area contributed by atoms with Gasteiger partial charge in [-0.05, 0) is 6.07 Å². The lowest BCUT2D eigenvalue weighted by Crippen LogP contribution is -2.30. The lowest BCUT2D eigenvalue weighted by Gasteiger charge is -2.18. The smallest absolute Gasteiger partial charge is 0.263 e. The highest BCUT2D eigenvalue weighted by molar-refractivity contribution is 7.89. The SMILES string of the molecule is CN(CCC(F)(F)F)S(=O)(=O)c1cnccc1Cl. The monoisotopic (exact) mass is 302 g/mol. The Morgan fingerprint density at radius 2 is 2.06 bits per heavy atom. The number of halogens is 4. The molecule has 4 nitrogen and oxygen atoms in total. The number of hydrogen-bond donors (Lipinski definition) is 0. The molecule has 1 rings (SSSR count). The van der Waals surface area contributed by atoms with Gasteiger partial charge in [0.05, 0.1) is 11.4 Å². The van der Waals surface area contributed by atoms with Crippen LogP contribution < -0.4 is 0 Å². The van der Waals surface area contributed by atoms with Crippen molar-refractivity contribution in [2.75, 3.05) is 13.6 Å². The highest BCUT2D eigenvalue weighted by Gasteiger charge is 2.31. The number of nitrogens with zero attached hydrogens (tertiary/aromatic N) is 2. The number of alkyl halides is 3.